The topological polar surface area (TPSA) is 77.1 Å². The van der Waals surface area contributed by atoms with Crippen LogP contribution in [0.5, 0.6) is 11.5 Å². The summed E-state index contributed by atoms with van der Waals surface area (Å²) in [6.07, 6.45) is 3.85. The number of esters is 1. The lowest BCUT2D eigenvalue weighted by molar-refractivity contribution is -0.111. The van der Waals surface area contributed by atoms with Crippen LogP contribution in [-0.2, 0) is 22.5 Å². The van der Waals surface area contributed by atoms with Gasteiger partial charge in [-0.2, -0.15) is 0 Å². The van der Waals surface area contributed by atoms with Gasteiger partial charge in [0.25, 0.3) is 0 Å². The molecule has 2 heterocycles. The van der Waals surface area contributed by atoms with Crippen LogP contribution in [0.4, 0.5) is 5.00 Å². The standard InChI is InChI=1S/C21H24N2O5S/c1-23-10-9-14-17(12-23)29-20(19(14)21(25)28-4)22-18(24)8-6-13-5-7-15(26-2)16(11-13)27-3/h5-8,11H,9-10,12H2,1-4H3,(H,22,24)/b8-6+. The SMILES string of the molecule is COC(=O)c1c(NC(=O)/C=C/c2ccc(OC)c(OC)c2)sc2c1CCN(C)C2. The number of nitrogens with one attached hydrogen (secondary N) is 1. The van der Waals surface area contributed by atoms with Crippen molar-refractivity contribution >= 4 is 34.3 Å². The number of fused-ring (bicyclic) bond motifs is 1. The molecule has 1 aromatic carbocycles. The summed E-state index contributed by atoms with van der Waals surface area (Å²) in [6.45, 7) is 1.61. The minimum absolute atomic E-state index is 0.322. The molecule has 0 bridgehead atoms. The van der Waals surface area contributed by atoms with E-state index in [1.807, 2.05) is 13.1 Å². The average molecular weight is 416 g/mol. The van der Waals surface area contributed by atoms with Crippen LogP contribution < -0.4 is 14.8 Å². The molecule has 1 amide bonds. The van der Waals surface area contributed by atoms with E-state index in [4.69, 9.17) is 14.2 Å². The van der Waals surface area contributed by atoms with Crippen LogP contribution in [-0.4, -0.2) is 51.7 Å². The second-order valence-corrected chi connectivity index (χ2v) is 7.73. The number of ether oxygens (including phenoxy) is 3. The summed E-state index contributed by atoms with van der Waals surface area (Å²) in [5, 5.41) is 3.36. The second kappa shape index (κ2) is 9.11. The highest BCUT2D eigenvalue weighted by molar-refractivity contribution is 7.17. The zero-order valence-electron chi connectivity index (χ0n) is 16.9. The quantitative estimate of drug-likeness (QED) is 0.576. The summed E-state index contributed by atoms with van der Waals surface area (Å²) in [5.74, 6) is 0.451. The van der Waals surface area contributed by atoms with E-state index in [0.717, 1.165) is 35.5 Å². The summed E-state index contributed by atoms with van der Waals surface area (Å²) < 4.78 is 15.4. The zero-order valence-corrected chi connectivity index (χ0v) is 17.7. The Morgan fingerprint density at radius 3 is 2.62 bits per heavy atom. The van der Waals surface area contributed by atoms with Crippen molar-refractivity contribution < 1.29 is 23.8 Å². The van der Waals surface area contributed by atoms with Crippen molar-refractivity contribution in [3.63, 3.8) is 0 Å². The Morgan fingerprint density at radius 1 is 1.17 bits per heavy atom. The number of thiophene rings is 1. The molecule has 0 atom stereocenters. The van der Waals surface area contributed by atoms with Gasteiger partial charge in [-0.3, -0.25) is 4.79 Å². The van der Waals surface area contributed by atoms with Gasteiger partial charge in [0.05, 0.1) is 26.9 Å². The number of carbonyl (C=O) groups is 2. The number of likely N-dealkylation sites (N-methyl/N-ethyl adjacent to an activating group) is 1. The Labute approximate surface area is 173 Å². The minimum Gasteiger partial charge on any atom is -0.493 e. The van der Waals surface area contributed by atoms with E-state index in [1.54, 1.807) is 32.4 Å². The summed E-state index contributed by atoms with van der Waals surface area (Å²) in [6, 6.07) is 5.38. The molecular formula is C21H24N2O5S. The molecule has 1 aliphatic heterocycles. The van der Waals surface area contributed by atoms with Gasteiger partial charge in [-0.1, -0.05) is 6.07 Å². The van der Waals surface area contributed by atoms with Crippen molar-refractivity contribution in [1.29, 1.82) is 0 Å². The first-order valence-electron chi connectivity index (χ1n) is 9.09. The Kier molecular flexibility index (Phi) is 6.56. The molecule has 154 valence electrons. The smallest absolute Gasteiger partial charge is 0.341 e. The summed E-state index contributed by atoms with van der Waals surface area (Å²) in [4.78, 5) is 28.1. The maximum atomic E-state index is 12.5. The van der Waals surface area contributed by atoms with Crippen LogP contribution in [0.25, 0.3) is 6.08 Å². The average Bonchev–Trinajstić information content (AvgIpc) is 3.07. The van der Waals surface area contributed by atoms with E-state index in [0.29, 0.717) is 22.1 Å². The van der Waals surface area contributed by atoms with Gasteiger partial charge in [0, 0.05) is 24.0 Å². The molecule has 1 N–H and O–H groups in total. The lowest BCUT2D eigenvalue weighted by Gasteiger charge is -2.22. The molecule has 0 saturated heterocycles. The zero-order chi connectivity index (χ0) is 21.0. The number of benzene rings is 1. The Bertz CT molecular complexity index is 951. The van der Waals surface area contributed by atoms with Crippen LogP contribution >= 0.6 is 11.3 Å². The molecule has 0 fully saturated rings. The first kappa shape index (κ1) is 20.9. The fraction of sp³-hybridized carbons (Fsp3) is 0.333. The first-order chi connectivity index (χ1) is 14.0. The van der Waals surface area contributed by atoms with Crippen molar-refractivity contribution in [2.45, 2.75) is 13.0 Å². The number of nitrogens with zero attached hydrogens (tertiary/aromatic N) is 1. The molecule has 3 rings (SSSR count). The lowest BCUT2D eigenvalue weighted by atomic mass is 10.0. The molecule has 7 nitrogen and oxygen atoms in total. The van der Waals surface area contributed by atoms with Gasteiger partial charge in [0.1, 0.15) is 5.00 Å². The first-order valence-corrected chi connectivity index (χ1v) is 9.91. The van der Waals surface area contributed by atoms with Gasteiger partial charge in [-0.15, -0.1) is 11.3 Å². The molecule has 8 heteroatoms. The van der Waals surface area contributed by atoms with Gasteiger partial charge in [0.15, 0.2) is 11.5 Å². The van der Waals surface area contributed by atoms with E-state index in [1.165, 1.54) is 24.5 Å². The highest BCUT2D eigenvalue weighted by Gasteiger charge is 2.28. The summed E-state index contributed by atoms with van der Waals surface area (Å²) in [7, 11) is 6.51. The van der Waals surface area contributed by atoms with Crippen molar-refractivity contribution in [2.75, 3.05) is 40.2 Å². The third-order valence-electron chi connectivity index (χ3n) is 4.71. The van der Waals surface area contributed by atoms with Gasteiger partial charge in [-0.05, 0) is 42.8 Å². The molecular weight excluding hydrogens is 392 g/mol. The van der Waals surface area contributed by atoms with Gasteiger partial charge < -0.3 is 24.4 Å². The maximum Gasteiger partial charge on any atom is 0.341 e. The summed E-state index contributed by atoms with van der Waals surface area (Å²) in [5.41, 5.74) is 2.23. The maximum absolute atomic E-state index is 12.5. The number of hydrogen-bond acceptors (Lipinski definition) is 7. The minimum atomic E-state index is -0.425. The van der Waals surface area contributed by atoms with Gasteiger partial charge in [-0.25, -0.2) is 4.79 Å². The highest BCUT2D eigenvalue weighted by atomic mass is 32.1. The molecule has 0 radical (unpaired) electrons. The monoisotopic (exact) mass is 416 g/mol. The molecule has 0 saturated carbocycles. The van der Waals surface area contributed by atoms with Crippen LogP contribution in [0.2, 0.25) is 0 Å². The molecule has 1 aromatic heterocycles. The van der Waals surface area contributed by atoms with Crippen molar-refractivity contribution in [3.8, 4) is 11.5 Å². The van der Waals surface area contributed by atoms with E-state index in [9.17, 15) is 9.59 Å². The van der Waals surface area contributed by atoms with Crippen molar-refractivity contribution in [2.24, 2.45) is 0 Å². The normalized spacial score (nSPS) is 13.8. The highest BCUT2D eigenvalue weighted by Crippen LogP contribution is 2.37. The third kappa shape index (κ3) is 4.60. The number of amides is 1. The van der Waals surface area contributed by atoms with Crippen LogP contribution in [0.15, 0.2) is 24.3 Å². The van der Waals surface area contributed by atoms with Crippen LogP contribution in [0, 0.1) is 0 Å². The molecule has 0 aliphatic carbocycles. The summed E-state index contributed by atoms with van der Waals surface area (Å²) >= 11 is 1.43. The molecule has 0 unspecified atom stereocenters. The number of carbonyl (C=O) groups excluding carboxylic acids is 2. The van der Waals surface area contributed by atoms with E-state index in [-0.39, 0.29) is 5.91 Å². The Hall–Kier alpha value is -2.84. The number of rotatable bonds is 6. The van der Waals surface area contributed by atoms with Gasteiger partial charge >= 0.3 is 5.97 Å². The fourth-order valence-corrected chi connectivity index (χ4v) is 4.54. The van der Waals surface area contributed by atoms with E-state index < -0.39 is 5.97 Å². The largest absolute Gasteiger partial charge is 0.493 e. The van der Waals surface area contributed by atoms with Crippen LogP contribution in [0.3, 0.4) is 0 Å². The van der Waals surface area contributed by atoms with E-state index >= 15 is 0 Å². The Morgan fingerprint density at radius 2 is 1.93 bits per heavy atom. The number of anilines is 1. The lowest BCUT2D eigenvalue weighted by Crippen LogP contribution is -2.26. The van der Waals surface area contributed by atoms with E-state index in [2.05, 4.69) is 10.2 Å². The fourth-order valence-electron chi connectivity index (χ4n) is 3.22. The molecule has 2 aromatic rings. The Balaban J connectivity index is 1.80. The predicted molar refractivity (Wildman–Crippen MR) is 113 cm³/mol. The number of methoxy groups -OCH3 is 3. The molecule has 0 spiro atoms. The van der Waals surface area contributed by atoms with Crippen molar-refractivity contribution in [1.82, 2.24) is 4.90 Å². The second-order valence-electron chi connectivity index (χ2n) is 6.62. The van der Waals surface area contributed by atoms with Crippen LogP contribution in [0.1, 0.15) is 26.4 Å². The predicted octanol–water partition coefficient (Wildman–Crippen LogP) is 3.19. The van der Waals surface area contributed by atoms with Gasteiger partial charge in [0.2, 0.25) is 5.91 Å². The molecule has 1 aliphatic rings. The molecule has 29 heavy (non-hydrogen) atoms. The third-order valence-corrected chi connectivity index (χ3v) is 5.84. The van der Waals surface area contributed by atoms with Crippen molar-refractivity contribution in [3.05, 3.63) is 45.8 Å². The number of hydrogen-bond donors (Lipinski definition) is 1.